The molecule has 2 fully saturated rings. The number of aromatic nitrogens is 1. The monoisotopic (exact) mass is 460 g/mol. The fourth-order valence-corrected chi connectivity index (χ4v) is 5.13. The summed E-state index contributed by atoms with van der Waals surface area (Å²) in [5.41, 5.74) is 1.09. The van der Waals surface area contributed by atoms with E-state index < -0.39 is 22.8 Å². The largest absolute Gasteiger partial charge is 0.484 e. The zero-order valence-corrected chi connectivity index (χ0v) is 17.9. The molecule has 1 aromatic heterocycles. The number of hydrogen-bond donors (Lipinski definition) is 0. The Balaban J connectivity index is 1.32. The summed E-state index contributed by atoms with van der Waals surface area (Å²) in [5.74, 6) is -1.44. The molecule has 3 nitrogen and oxygen atoms in total. The number of ether oxygens (including phenoxy) is 1. The van der Waals surface area contributed by atoms with Crippen LogP contribution in [0, 0.1) is 11.6 Å². The van der Waals surface area contributed by atoms with Gasteiger partial charge in [0.1, 0.15) is 6.10 Å². The Bertz CT molecular complexity index is 863. The lowest BCUT2D eigenvalue weighted by atomic mass is 9.84. The minimum atomic E-state index is -4.43. The van der Waals surface area contributed by atoms with Gasteiger partial charge in [-0.05, 0) is 49.3 Å². The topological polar surface area (TPSA) is 25.4 Å². The number of rotatable bonds is 5. The maximum atomic E-state index is 14.6. The molecule has 2 aliphatic rings. The maximum Gasteiger partial charge on any atom is 0.443 e. The van der Waals surface area contributed by atoms with Gasteiger partial charge in [-0.25, -0.2) is 13.8 Å². The summed E-state index contributed by atoms with van der Waals surface area (Å²) < 4.78 is 73.0. The van der Waals surface area contributed by atoms with E-state index in [1.165, 1.54) is 23.9 Å². The van der Waals surface area contributed by atoms with Crippen molar-refractivity contribution in [2.75, 3.05) is 13.1 Å². The molecule has 9 heteroatoms. The molecule has 31 heavy (non-hydrogen) atoms. The Morgan fingerprint density at radius 3 is 2.23 bits per heavy atom. The summed E-state index contributed by atoms with van der Waals surface area (Å²) in [7, 11) is 0. The molecule has 0 N–H and O–H groups in total. The van der Waals surface area contributed by atoms with Crippen LogP contribution in [-0.4, -0.2) is 29.1 Å². The third-order valence-electron chi connectivity index (χ3n) is 6.10. The van der Waals surface area contributed by atoms with Gasteiger partial charge >= 0.3 is 6.18 Å². The second-order valence-corrected chi connectivity index (χ2v) is 9.24. The fraction of sp³-hybridized carbons (Fsp3) is 0.591. The maximum absolute atomic E-state index is 14.6. The highest BCUT2D eigenvalue weighted by Crippen LogP contribution is 2.36. The lowest BCUT2D eigenvalue weighted by Gasteiger charge is -2.32. The van der Waals surface area contributed by atoms with Crippen LogP contribution < -0.4 is 4.74 Å². The van der Waals surface area contributed by atoms with Crippen LogP contribution >= 0.6 is 11.3 Å². The van der Waals surface area contributed by atoms with E-state index in [0.29, 0.717) is 55.1 Å². The van der Waals surface area contributed by atoms with Crippen LogP contribution in [0.4, 0.5) is 22.0 Å². The Kier molecular flexibility index (Phi) is 6.81. The molecule has 2 aromatic rings. The number of likely N-dealkylation sites (tertiary alicyclic amines) is 1. The van der Waals surface area contributed by atoms with E-state index in [-0.39, 0.29) is 17.8 Å². The van der Waals surface area contributed by atoms with E-state index in [2.05, 4.69) is 4.98 Å². The van der Waals surface area contributed by atoms with Gasteiger partial charge in [0.05, 0.1) is 5.69 Å². The predicted molar refractivity (Wildman–Crippen MR) is 108 cm³/mol. The molecule has 4 rings (SSSR count). The zero-order valence-electron chi connectivity index (χ0n) is 17.1. The molecule has 1 saturated heterocycles. The van der Waals surface area contributed by atoms with E-state index in [4.69, 9.17) is 4.74 Å². The highest BCUT2D eigenvalue weighted by atomic mass is 32.1. The average molecular weight is 461 g/mol. The van der Waals surface area contributed by atoms with Crippen molar-refractivity contribution < 1.29 is 26.7 Å². The quantitative estimate of drug-likeness (QED) is 0.475. The Morgan fingerprint density at radius 1 is 1.00 bits per heavy atom. The van der Waals surface area contributed by atoms with Crippen LogP contribution in [0.2, 0.25) is 0 Å². The van der Waals surface area contributed by atoms with Gasteiger partial charge in [0, 0.05) is 25.0 Å². The van der Waals surface area contributed by atoms with Crippen LogP contribution in [0.5, 0.6) is 5.75 Å². The molecule has 1 aliphatic carbocycles. The third-order valence-corrected chi connectivity index (χ3v) is 7.03. The van der Waals surface area contributed by atoms with Crippen molar-refractivity contribution in [2.45, 2.75) is 69.7 Å². The van der Waals surface area contributed by atoms with Crippen LogP contribution in [0.25, 0.3) is 0 Å². The number of benzene rings is 1. The summed E-state index contributed by atoms with van der Waals surface area (Å²) >= 11 is 0.591. The Labute approximate surface area is 182 Å². The highest BCUT2D eigenvalue weighted by molar-refractivity contribution is 7.09. The Hall–Kier alpha value is -1.74. The van der Waals surface area contributed by atoms with E-state index >= 15 is 0 Å². The average Bonchev–Trinajstić information content (AvgIpc) is 3.21. The molecule has 2 heterocycles. The van der Waals surface area contributed by atoms with Gasteiger partial charge in [-0.1, -0.05) is 19.3 Å². The van der Waals surface area contributed by atoms with Crippen LogP contribution in [-0.2, 0) is 12.7 Å². The predicted octanol–water partition coefficient (Wildman–Crippen LogP) is 6.53. The van der Waals surface area contributed by atoms with Crippen molar-refractivity contribution in [1.82, 2.24) is 9.88 Å². The molecule has 170 valence electrons. The molecule has 0 unspecified atom stereocenters. The molecule has 0 spiro atoms. The minimum Gasteiger partial charge on any atom is -0.484 e. The summed E-state index contributed by atoms with van der Waals surface area (Å²) in [5, 5.41) is 0.577. The standard InChI is InChI=1S/C22H25F5N2OS/c23-18-10-15(14-4-2-1-3-5-14)11-19(24)20(18)30-17-6-8-29(9-7-17)12-16-13-31-21(28-16)22(25,26)27/h10-11,13-14,17H,1-9,12H2. The van der Waals surface area contributed by atoms with Crippen molar-refractivity contribution in [1.29, 1.82) is 0 Å². The normalized spacial score (nSPS) is 19.6. The molecular weight excluding hydrogens is 435 g/mol. The highest BCUT2D eigenvalue weighted by Gasteiger charge is 2.35. The van der Waals surface area contributed by atoms with Crippen molar-refractivity contribution in [3.63, 3.8) is 0 Å². The lowest BCUT2D eigenvalue weighted by molar-refractivity contribution is -0.137. The number of hydrogen-bond acceptors (Lipinski definition) is 4. The van der Waals surface area contributed by atoms with Gasteiger partial charge in [-0.2, -0.15) is 13.2 Å². The minimum absolute atomic E-state index is 0.207. The van der Waals surface area contributed by atoms with Gasteiger partial charge in [-0.3, -0.25) is 4.90 Å². The second-order valence-electron chi connectivity index (χ2n) is 8.38. The molecule has 0 atom stereocenters. The molecule has 1 aliphatic heterocycles. The molecule has 0 amide bonds. The molecule has 1 aromatic carbocycles. The van der Waals surface area contributed by atoms with Crippen molar-refractivity contribution in [3.8, 4) is 5.75 Å². The fourth-order valence-electron chi connectivity index (χ4n) is 4.45. The van der Waals surface area contributed by atoms with E-state index in [1.807, 2.05) is 4.90 Å². The molecular formula is C22H25F5N2OS. The van der Waals surface area contributed by atoms with E-state index in [9.17, 15) is 22.0 Å². The van der Waals surface area contributed by atoms with Gasteiger partial charge in [0.2, 0.25) is 0 Å². The summed E-state index contributed by atoms with van der Waals surface area (Å²) in [4.78, 5) is 5.63. The first-order valence-corrected chi connectivity index (χ1v) is 11.6. The summed E-state index contributed by atoms with van der Waals surface area (Å²) in [6, 6.07) is 2.81. The van der Waals surface area contributed by atoms with Gasteiger partial charge in [-0.15, -0.1) is 11.3 Å². The SMILES string of the molecule is Fc1cc(C2CCCCC2)cc(F)c1OC1CCN(Cc2csc(C(F)(F)F)n2)CC1. The number of piperidine rings is 1. The van der Waals surface area contributed by atoms with Crippen LogP contribution in [0.3, 0.4) is 0 Å². The summed E-state index contributed by atoms with van der Waals surface area (Å²) in [6.45, 7) is 1.44. The van der Waals surface area contributed by atoms with Crippen LogP contribution in [0.1, 0.15) is 67.1 Å². The van der Waals surface area contributed by atoms with Crippen molar-refractivity contribution in [3.05, 3.63) is 45.4 Å². The third kappa shape index (κ3) is 5.55. The second kappa shape index (κ2) is 9.40. The number of alkyl halides is 3. The smallest absolute Gasteiger partial charge is 0.443 e. The first-order valence-electron chi connectivity index (χ1n) is 10.7. The first kappa shape index (κ1) is 22.5. The molecule has 0 bridgehead atoms. The van der Waals surface area contributed by atoms with Crippen molar-refractivity contribution >= 4 is 11.3 Å². The molecule has 1 saturated carbocycles. The summed E-state index contributed by atoms with van der Waals surface area (Å²) in [6.07, 6.45) is 1.59. The van der Waals surface area contributed by atoms with Crippen molar-refractivity contribution in [2.24, 2.45) is 0 Å². The number of nitrogens with zero attached hydrogens (tertiary/aromatic N) is 2. The molecule has 0 radical (unpaired) electrons. The van der Waals surface area contributed by atoms with E-state index in [0.717, 1.165) is 25.7 Å². The van der Waals surface area contributed by atoms with Crippen LogP contribution in [0.15, 0.2) is 17.5 Å². The first-order chi connectivity index (χ1) is 14.8. The Morgan fingerprint density at radius 2 is 1.65 bits per heavy atom. The van der Waals surface area contributed by atoms with Gasteiger partial charge < -0.3 is 4.74 Å². The van der Waals surface area contributed by atoms with Gasteiger partial charge in [0.15, 0.2) is 22.4 Å². The van der Waals surface area contributed by atoms with Gasteiger partial charge in [0.25, 0.3) is 0 Å². The number of halogens is 5. The zero-order chi connectivity index (χ0) is 22.0. The van der Waals surface area contributed by atoms with E-state index in [1.54, 1.807) is 0 Å². The lowest BCUT2D eigenvalue weighted by Crippen LogP contribution is -2.38. The number of thiazole rings is 1.